The van der Waals surface area contributed by atoms with Gasteiger partial charge in [0.2, 0.25) is 10.0 Å². The van der Waals surface area contributed by atoms with Crippen LogP contribution in [-0.4, -0.2) is 13.7 Å². The van der Waals surface area contributed by atoms with E-state index in [-0.39, 0.29) is 0 Å². The number of primary sulfonamides is 1. The number of aryl methyl sites for hydroxylation is 1. The molecule has 0 fully saturated rings. The van der Waals surface area contributed by atoms with Crippen molar-refractivity contribution in [2.45, 2.75) is 31.4 Å². The van der Waals surface area contributed by atoms with Gasteiger partial charge in [-0.05, 0) is 31.7 Å². The van der Waals surface area contributed by atoms with Gasteiger partial charge in [-0.3, -0.25) is 0 Å². The molecule has 3 nitrogen and oxygen atoms in total. The van der Waals surface area contributed by atoms with Crippen molar-refractivity contribution in [3.8, 4) is 0 Å². The van der Waals surface area contributed by atoms with Crippen LogP contribution in [0.2, 0.25) is 0 Å². The Bertz CT molecular complexity index is 386. The van der Waals surface area contributed by atoms with Crippen molar-refractivity contribution in [3.05, 3.63) is 35.9 Å². The number of sulfonamides is 1. The second-order valence-electron chi connectivity index (χ2n) is 3.78. The monoisotopic (exact) mass is 227 g/mol. The highest BCUT2D eigenvalue weighted by molar-refractivity contribution is 7.89. The van der Waals surface area contributed by atoms with Crippen molar-refractivity contribution in [1.82, 2.24) is 0 Å². The number of hydrogen-bond acceptors (Lipinski definition) is 2. The van der Waals surface area contributed by atoms with Crippen molar-refractivity contribution >= 4 is 10.0 Å². The molecule has 0 spiro atoms. The Morgan fingerprint density at radius 3 is 2.40 bits per heavy atom. The van der Waals surface area contributed by atoms with Crippen LogP contribution in [0.3, 0.4) is 0 Å². The van der Waals surface area contributed by atoms with Gasteiger partial charge < -0.3 is 0 Å². The predicted molar refractivity (Wildman–Crippen MR) is 61.9 cm³/mol. The molecule has 1 atom stereocenters. The van der Waals surface area contributed by atoms with E-state index in [0.29, 0.717) is 6.42 Å². The largest absolute Gasteiger partial charge is 0.228 e. The van der Waals surface area contributed by atoms with Gasteiger partial charge in [-0.1, -0.05) is 30.3 Å². The molecular formula is C11H17NO2S. The summed E-state index contributed by atoms with van der Waals surface area (Å²) < 4.78 is 21.9. The lowest BCUT2D eigenvalue weighted by Gasteiger charge is -2.08. The summed E-state index contributed by atoms with van der Waals surface area (Å²) in [5.74, 6) is 0. The summed E-state index contributed by atoms with van der Waals surface area (Å²) in [6.07, 6.45) is 2.37. The summed E-state index contributed by atoms with van der Waals surface area (Å²) in [5, 5.41) is 4.59. The van der Waals surface area contributed by atoms with Crippen LogP contribution in [0.15, 0.2) is 30.3 Å². The van der Waals surface area contributed by atoms with E-state index >= 15 is 0 Å². The molecule has 0 aromatic heterocycles. The van der Waals surface area contributed by atoms with Gasteiger partial charge in [0.1, 0.15) is 0 Å². The SMILES string of the molecule is CC(CCCc1ccccc1)S(N)(=O)=O. The lowest BCUT2D eigenvalue weighted by atomic mass is 10.1. The molecule has 2 N–H and O–H groups in total. The van der Waals surface area contributed by atoms with Crippen molar-refractivity contribution in [3.63, 3.8) is 0 Å². The van der Waals surface area contributed by atoms with Gasteiger partial charge in [0.05, 0.1) is 5.25 Å². The molecule has 0 aliphatic rings. The van der Waals surface area contributed by atoms with Crippen LogP contribution in [0.5, 0.6) is 0 Å². The third-order valence-corrected chi connectivity index (χ3v) is 3.84. The topological polar surface area (TPSA) is 60.2 Å². The third kappa shape index (κ3) is 4.44. The molecule has 0 radical (unpaired) electrons. The Morgan fingerprint density at radius 1 is 1.27 bits per heavy atom. The maximum Gasteiger partial charge on any atom is 0.211 e. The Balaban J connectivity index is 2.35. The summed E-state index contributed by atoms with van der Waals surface area (Å²) in [4.78, 5) is 0. The minimum absolute atomic E-state index is 0.443. The minimum Gasteiger partial charge on any atom is -0.228 e. The van der Waals surface area contributed by atoms with Crippen LogP contribution in [0, 0.1) is 0 Å². The molecule has 1 unspecified atom stereocenters. The highest BCUT2D eigenvalue weighted by atomic mass is 32.2. The predicted octanol–water partition coefficient (Wildman–Crippen LogP) is 1.69. The van der Waals surface area contributed by atoms with Gasteiger partial charge in [0, 0.05) is 0 Å². The summed E-state index contributed by atoms with van der Waals surface area (Å²) in [6, 6.07) is 10.0. The maximum atomic E-state index is 11.0. The summed E-state index contributed by atoms with van der Waals surface area (Å²) in [5.41, 5.74) is 1.24. The lowest BCUT2D eigenvalue weighted by Crippen LogP contribution is -2.25. The molecule has 0 aliphatic heterocycles. The van der Waals surface area contributed by atoms with Crippen LogP contribution in [0.25, 0.3) is 0 Å². The van der Waals surface area contributed by atoms with Crippen molar-refractivity contribution in [2.24, 2.45) is 5.14 Å². The van der Waals surface area contributed by atoms with Gasteiger partial charge >= 0.3 is 0 Å². The summed E-state index contributed by atoms with van der Waals surface area (Å²) >= 11 is 0. The molecule has 1 rings (SSSR count). The van der Waals surface area contributed by atoms with Gasteiger partial charge in [-0.25, -0.2) is 13.6 Å². The van der Waals surface area contributed by atoms with Crippen molar-refractivity contribution in [2.75, 3.05) is 0 Å². The molecule has 0 heterocycles. The first-order valence-electron chi connectivity index (χ1n) is 5.05. The zero-order valence-electron chi connectivity index (χ0n) is 8.89. The molecule has 0 aliphatic carbocycles. The van der Waals surface area contributed by atoms with Crippen molar-refractivity contribution in [1.29, 1.82) is 0 Å². The highest BCUT2D eigenvalue weighted by Crippen LogP contribution is 2.09. The molecule has 84 valence electrons. The number of benzene rings is 1. The zero-order chi connectivity index (χ0) is 11.3. The Kier molecular flexibility index (Phi) is 4.29. The van der Waals surface area contributed by atoms with E-state index < -0.39 is 15.3 Å². The van der Waals surface area contributed by atoms with Crippen molar-refractivity contribution < 1.29 is 8.42 Å². The molecule has 0 saturated heterocycles. The number of nitrogens with two attached hydrogens (primary N) is 1. The van der Waals surface area contributed by atoms with E-state index in [1.165, 1.54) is 5.56 Å². The summed E-state index contributed by atoms with van der Waals surface area (Å²) in [7, 11) is -3.36. The fraction of sp³-hybridized carbons (Fsp3) is 0.455. The molecule has 0 bridgehead atoms. The molecule has 1 aromatic rings. The average molecular weight is 227 g/mol. The third-order valence-electron chi connectivity index (χ3n) is 2.48. The number of hydrogen-bond donors (Lipinski definition) is 1. The Hall–Kier alpha value is -0.870. The molecule has 4 heteroatoms. The Labute approximate surface area is 91.4 Å². The molecule has 1 aromatic carbocycles. The van der Waals surface area contributed by atoms with E-state index in [9.17, 15) is 8.42 Å². The zero-order valence-corrected chi connectivity index (χ0v) is 9.70. The fourth-order valence-corrected chi connectivity index (χ4v) is 1.90. The first-order valence-corrected chi connectivity index (χ1v) is 6.66. The second-order valence-corrected chi connectivity index (χ2v) is 5.76. The lowest BCUT2D eigenvalue weighted by molar-refractivity contribution is 0.574. The van der Waals surface area contributed by atoms with Crippen LogP contribution in [0.1, 0.15) is 25.3 Å². The van der Waals surface area contributed by atoms with E-state index in [2.05, 4.69) is 0 Å². The molecule has 15 heavy (non-hydrogen) atoms. The first kappa shape index (κ1) is 12.2. The number of rotatable bonds is 5. The maximum absolute atomic E-state index is 11.0. The molecule has 0 amide bonds. The first-order chi connectivity index (χ1) is 7.00. The highest BCUT2D eigenvalue weighted by Gasteiger charge is 2.14. The molecular weight excluding hydrogens is 210 g/mol. The van der Waals surface area contributed by atoms with Gasteiger partial charge in [0.15, 0.2) is 0 Å². The van der Waals surface area contributed by atoms with Gasteiger partial charge in [-0.15, -0.1) is 0 Å². The normalized spacial score (nSPS) is 13.7. The van der Waals surface area contributed by atoms with E-state index in [1.54, 1.807) is 6.92 Å². The van der Waals surface area contributed by atoms with E-state index in [4.69, 9.17) is 5.14 Å². The average Bonchev–Trinajstić information content (AvgIpc) is 2.18. The van der Waals surface area contributed by atoms with E-state index in [1.807, 2.05) is 30.3 Å². The standard InChI is InChI=1S/C11H17NO2S/c1-10(15(12,13)14)6-5-9-11-7-3-2-4-8-11/h2-4,7-8,10H,5-6,9H2,1H3,(H2,12,13,14). The van der Waals surface area contributed by atoms with Crippen LogP contribution >= 0.6 is 0 Å². The van der Waals surface area contributed by atoms with Gasteiger partial charge in [0.25, 0.3) is 0 Å². The summed E-state index contributed by atoms with van der Waals surface area (Å²) in [6.45, 7) is 1.65. The minimum atomic E-state index is -3.36. The smallest absolute Gasteiger partial charge is 0.211 e. The van der Waals surface area contributed by atoms with Gasteiger partial charge in [-0.2, -0.15) is 0 Å². The molecule has 0 saturated carbocycles. The van der Waals surface area contributed by atoms with Crippen LogP contribution in [-0.2, 0) is 16.4 Å². The Morgan fingerprint density at radius 2 is 1.87 bits per heavy atom. The fourth-order valence-electron chi connectivity index (χ4n) is 1.40. The van der Waals surface area contributed by atoms with Crippen LogP contribution < -0.4 is 5.14 Å². The second kappa shape index (κ2) is 5.28. The van der Waals surface area contributed by atoms with E-state index in [0.717, 1.165) is 12.8 Å². The quantitative estimate of drug-likeness (QED) is 0.832. The van der Waals surface area contributed by atoms with Crippen LogP contribution in [0.4, 0.5) is 0 Å².